The summed E-state index contributed by atoms with van der Waals surface area (Å²) < 4.78 is 6.78. The van der Waals surface area contributed by atoms with E-state index >= 15 is 0 Å². The molecule has 0 unspecified atom stereocenters. The maximum atomic E-state index is 6.08. The first-order valence-corrected chi connectivity index (χ1v) is 7.90. The summed E-state index contributed by atoms with van der Waals surface area (Å²) in [6.45, 7) is 4.95. The lowest BCUT2D eigenvalue weighted by atomic mass is 9.78. The van der Waals surface area contributed by atoms with E-state index in [4.69, 9.17) is 27.9 Å². The third-order valence-corrected chi connectivity index (χ3v) is 5.03. The number of hydrogen-bond donors (Lipinski definition) is 0. The Balaban J connectivity index is 2.51. The summed E-state index contributed by atoms with van der Waals surface area (Å²) in [6, 6.07) is 7.83. The topological polar surface area (TPSA) is 9.23 Å². The molecule has 0 aliphatic carbocycles. The van der Waals surface area contributed by atoms with Gasteiger partial charge in [-0.3, -0.25) is 0 Å². The molecule has 0 saturated carbocycles. The van der Waals surface area contributed by atoms with Crippen LogP contribution in [-0.4, -0.2) is 18.4 Å². The van der Waals surface area contributed by atoms with Crippen molar-refractivity contribution in [3.05, 3.63) is 28.7 Å². The predicted octanol–water partition coefficient (Wildman–Crippen LogP) is 5.34. The zero-order chi connectivity index (χ0) is 13.6. The van der Waals surface area contributed by atoms with E-state index in [-0.39, 0.29) is 5.41 Å². The van der Waals surface area contributed by atoms with Crippen molar-refractivity contribution in [2.24, 2.45) is 11.3 Å². The zero-order valence-corrected chi connectivity index (χ0v) is 13.9. The normalized spacial score (nSPS) is 11.9. The average Bonchev–Trinajstić information content (AvgIpc) is 2.37. The van der Waals surface area contributed by atoms with Crippen molar-refractivity contribution < 1.29 is 4.74 Å². The summed E-state index contributed by atoms with van der Waals surface area (Å²) in [6.07, 6.45) is 0.869. The lowest BCUT2D eigenvalue weighted by molar-refractivity contribution is 0.182. The summed E-state index contributed by atoms with van der Waals surface area (Å²) in [7, 11) is 0. The zero-order valence-electron chi connectivity index (χ0n) is 10.8. The minimum absolute atomic E-state index is 0.0432. The molecule has 0 atom stereocenters. The summed E-state index contributed by atoms with van der Waals surface area (Å²) in [5, 5.41) is 0. The molecule has 0 N–H and O–H groups in total. The van der Waals surface area contributed by atoms with Gasteiger partial charge in [0.2, 0.25) is 0 Å². The Kier molecular flexibility index (Phi) is 6.83. The van der Waals surface area contributed by atoms with Crippen molar-refractivity contribution in [1.29, 1.82) is 0 Å². The van der Waals surface area contributed by atoms with E-state index in [1.807, 2.05) is 24.3 Å². The second kappa shape index (κ2) is 7.62. The number of alkyl halides is 2. The Morgan fingerprint density at radius 2 is 1.72 bits per heavy atom. The molecule has 1 rings (SSSR count). The fourth-order valence-corrected chi connectivity index (χ4v) is 3.10. The van der Waals surface area contributed by atoms with Crippen LogP contribution in [0.2, 0.25) is 0 Å². The van der Waals surface area contributed by atoms with E-state index in [9.17, 15) is 0 Å². The third-order valence-electron chi connectivity index (χ3n) is 3.44. The summed E-state index contributed by atoms with van der Waals surface area (Å²) >= 11 is 15.5. The SMILES string of the molecule is CC(C)C(CCl)(CCl)CCOc1ccc(Br)cc1. The van der Waals surface area contributed by atoms with Gasteiger partial charge >= 0.3 is 0 Å². The van der Waals surface area contributed by atoms with Crippen molar-refractivity contribution in [2.45, 2.75) is 20.3 Å². The first kappa shape index (κ1) is 16.1. The maximum Gasteiger partial charge on any atom is 0.119 e. The molecule has 18 heavy (non-hydrogen) atoms. The van der Waals surface area contributed by atoms with Crippen molar-refractivity contribution in [3.63, 3.8) is 0 Å². The summed E-state index contributed by atoms with van der Waals surface area (Å²) in [5.41, 5.74) is -0.0432. The molecular weight excluding hydrogens is 335 g/mol. The van der Waals surface area contributed by atoms with Crippen molar-refractivity contribution in [2.75, 3.05) is 18.4 Å². The van der Waals surface area contributed by atoms with E-state index < -0.39 is 0 Å². The molecule has 102 valence electrons. The number of ether oxygens (including phenoxy) is 1. The van der Waals surface area contributed by atoms with Crippen molar-refractivity contribution >= 4 is 39.1 Å². The minimum Gasteiger partial charge on any atom is -0.494 e. The van der Waals surface area contributed by atoms with Crippen LogP contribution in [0.25, 0.3) is 0 Å². The van der Waals surface area contributed by atoms with Crippen LogP contribution in [-0.2, 0) is 0 Å². The van der Waals surface area contributed by atoms with Crippen LogP contribution < -0.4 is 4.74 Å². The molecule has 1 nitrogen and oxygen atoms in total. The smallest absolute Gasteiger partial charge is 0.119 e. The highest BCUT2D eigenvalue weighted by Crippen LogP contribution is 2.34. The van der Waals surface area contributed by atoms with Gasteiger partial charge < -0.3 is 4.74 Å². The Morgan fingerprint density at radius 1 is 1.17 bits per heavy atom. The molecular formula is C14H19BrCl2O. The molecule has 1 aromatic carbocycles. The van der Waals surface area contributed by atoms with Crippen LogP contribution in [0, 0.1) is 11.3 Å². The quantitative estimate of drug-likeness (QED) is 0.601. The molecule has 0 bridgehead atoms. The largest absolute Gasteiger partial charge is 0.494 e. The number of benzene rings is 1. The Bertz CT molecular complexity index is 347. The second-order valence-electron chi connectivity index (χ2n) is 4.84. The number of halogens is 3. The molecule has 0 spiro atoms. The van der Waals surface area contributed by atoms with Gasteiger partial charge in [0.1, 0.15) is 5.75 Å². The minimum atomic E-state index is -0.0432. The molecule has 1 aromatic rings. The van der Waals surface area contributed by atoms with Gasteiger partial charge in [-0.1, -0.05) is 29.8 Å². The van der Waals surface area contributed by atoms with Crippen LogP contribution >= 0.6 is 39.1 Å². The highest BCUT2D eigenvalue weighted by atomic mass is 79.9. The van der Waals surface area contributed by atoms with E-state index in [2.05, 4.69) is 29.8 Å². The van der Waals surface area contributed by atoms with Crippen molar-refractivity contribution in [3.8, 4) is 5.75 Å². The molecule has 0 fully saturated rings. The van der Waals surface area contributed by atoms with Gasteiger partial charge in [0.05, 0.1) is 6.61 Å². The van der Waals surface area contributed by atoms with Gasteiger partial charge in [-0.05, 0) is 36.6 Å². The number of hydrogen-bond acceptors (Lipinski definition) is 1. The Morgan fingerprint density at radius 3 is 2.17 bits per heavy atom. The van der Waals surface area contributed by atoms with Gasteiger partial charge in [0, 0.05) is 21.6 Å². The van der Waals surface area contributed by atoms with E-state index in [0.29, 0.717) is 24.3 Å². The third kappa shape index (κ3) is 4.32. The van der Waals surface area contributed by atoms with Crippen LogP contribution in [0.15, 0.2) is 28.7 Å². The summed E-state index contributed by atoms with van der Waals surface area (Å²) in [4.78, 5) is 0. The average molecular weight is 354 g/mol. The fraction of sp³-hybridized carbons (Fsp3) is 0.571. The van der Waals surface area contributed by atoms with E-state index in [1.165, 1.54) is 0 Å². The standard InChI is InChI=1S/C14H19BrCl2O/c1-11(2)14(9-16,10-17)7-8-18-13-5-3-12(15)4-6-13/h3-6,11H,7-10H2,1-2H3. The molecule has 0 aliphatic heterocycles. The van der Waals surface area contributed by atoms with Gasteiger partial charge in [-0.15, -0.1) is 23.2 Å². The maximum absolute atomic E-state index is 6.08. The number of rotatable bonds is 7. The van der Waals surface area contributed by atoms with Gasteiger partial charge in [-0.25, -0.2) is 0 Å². The van der Waals surface area contributed by atoms with Gasteiger partial charge in [0.15, 0.2) is 0 Å². The Labute approximate surface area is 128 Å². The fourth-order valence-electron chi connectivity index (χ4n) is 1.67. The first-order chi connectivity index (χ1) is 8.54. The summed E-state index contributed by atoms with van der Waals surface area (Å²) in [5.74, 6) is 2.46. The Hall–Kier alpha value is 0.0800. The predicted molar refractivity (Wildman–Crippen MR) is 83.0 cm³/mol. The molecule has 0 aliphatic rings. The molecule has 0 amide bonds. The van der Waals surface area contributed by atoms with Crippen LogP contribution in [0.1, 0.15) is 20.3 Å². The lowest BCUT2D eigenvalue weighted by Crippen LogP contribution is -2.33. The van der Waals surface area contributed by atoms with E-state index in [0.717, 1.165) is 16.6 Å². The van der Waals surface area contributed by atoms with Crippen LogP contribution in [0.5, 0.6) is 5.75 Å². The molecule has 0 heterocycles. The molecule has 0 saturated heterocycles. The van der Waals surface area contributed by atoms with Crippen LogP contribution in [0.4, 0.5) is 0 Å². The van der Waals surface area contributed by atoms with Gasteiger partial charge in [0.25, 0.3) is 0 Å². The van der Waals surface area contributed by atoms with Crippen molar-refractivity contribution in [1.82, 2.24) is 0 Å². The highest BCUT2D eigenvalue weighted by Gasteiger charge is 2.32. The van der Waals surface area contributed by atoms with E-state index in [1.54, 1.807) is 0 Å². The van der Waals surface area contributed by atoms with Crippen LogP contribution in [0.3, 0.4) is 0 Å². The monoisotopic (exact) mass is 352 g/mol. The highest BCUT2D eigenvalue weighted by molar-refractivity contribution is 9.10. The first-order valence-electron chi connectivity index (χ1n) is 6.04. The molecule has 0 radical (unpaired) electrons. The molecule has 4 heteroatoms. The molecule has 0 aromatic heterocycles. The van der Waals surface area contributed by atoms with Gasteiger partial charge in [-0.2, -0.15) is 0 Å². The second-order valence-corrected chi connectivity index (χ2v) is 6.29. The lowest BCUT2D eigenvalue weighted by Gasteiger charge is -2.33.